The van der Waals surface area contributed by atoms with Crippen molar-refractivity contribution in [2.24, 2.45) is 0 Å². The number of nitrogens with one attached hydrogen (secondary N) is 1. The van der Waals surface area contributed by atoms with Crippen LogP contribution in [-0.4, -0.2) is 36.0 Å². The summed E-state index contributed by atoms with van der Waals surface area (Å²) in [6, 6.07) is 13.2. The topological polar surface area (TPSA) is 94.6 Å². The van der Waals surface area contributed by atoms with Crippen molar-refractivity contribution in [2.75, 3.05) is 7.11 Å². The van der Waals surface area contributed by atoms with E-state index in [4.69, 9.17) is 44.3 Å². The summed E-state index contributed by atoms with van der Waals surface area (Å²) in [5.41, 5.74) is 0.875. The fraction of sp³-hybridized carbons (Fsp3) is 0.130. The first-order valence-electron chi connectivity index (χ1n) is 9.54. The maximum Gasteiger partial charge on any atom is 0.346 e. The lowest BCUT2D eigenvalue weighted by molar-refractivity contribution is -0.142. The lowest BCUT2D eigenvalue weighted by atomic mass is 10.1. The molecular formula is C23H17Cl3N2O5. The van der Waals surface area contributed by atoms with Crippen LogP contribution in [0.3, 0.4) is 0 Å². The molecule has 1 heterocycles. The van der Waals surface area contributed by atoms with Gasteiger partial charge in [-0.3, -0.25) is 4.79 Å². The van der Waals surface area contributed by atoms with Crippen LogP contribution in [0.5, 0.6) is 5.75 Å². The maximum absolute atomic E-state index is 12.5. The number of rotatable bonds is 7. The number of aromatic nitrogens is 1. The molecule has 0 spiro atoms. The van der Waals surface area contributed by atoms with Crippen LogP contribution in [0.4, 0.5) is 0 Å². The number of carbonyl (C=O) groups excluding carboxylic acids is 3. The van der Waals surface area contributed by atoms with Gasteiger partial charge >= 0.3 is 11.9 Å². The van der Waals surface area contributed by atoms with Crippen molar-refractivity contribution in [1.29, 1.82) is 0 Å². The number of benzene rings is 2. The summed E-state index contributed by atoms with van der Waals surface area (Å²) in [5.74, 6) is -1.65. The van der Waals surface area contributed by atoms with E-state index in [1.807, 2.05) is 0 Å². The summed E-state index contributed by atoms with van der Waals surface area (Å²) >= 11 is 18.0. The number of hydrogen-bond donors (Lipinski definition) is 1. The Hall–Kier alpha value is -3.13. The van der Waals surface area contributed by atoms with Crippen LogP contribution in [0.2, 0.25) is 15.2 Å². The van der Waals surface area contributed by atoms with Crippen molar-refractivity contribution >= 4 is 52.6 Å². The number of hydrogen-bond acceptors (Lipinski definition) is 6. The van der Waals surface area contributed by atoms with E-state index in [0.717, 1.165) is 0 Å². The molecule has 3 rings (SSSR count). The van der Waals surface area contributed by atoms with Crippen molar-refractivity contribution in [3.8, 4) is 5.75 Å². The maximum atomic E-state index is 12.5. The van der Waals surface area contributed by atoms with E-state index in [2.05, 4.69) is 10.3 Å². The van der Waals surface area contributed by atoms with E-state index in [-0.39, 0.29) is 38.5 Å². The Kier molecular flexibility index (Phi) is 8.27. The number of halogens is 3. The third-order valence-corrected chi connectivity index (χ3v) is 5.47. The molecule has 10 heteroatoms. The molecule has 2 aromatic carbocycles. The number of pyridine rings is 1. The quantitative estimate of drug-likeness (QED) is 0.281. The highest BCUT2D eigenvalue weighted by Gasteiger charge is 2.24. The molecule has 0 unspecified atom stereocenters. The number of ether oxygens (including phenoxy) is 2. The summed E-state index contributed by atoms with van der Waals surface area (Å²) < 4.78 is 10.1. The second kappa shape index (κ2) is 11.1. The Labute approximate surface area is 204 Å². The molecule has 0 saturated heterocycles. The molecule has 170 valence electrons. The highest BCUT2D eigenvalue weighted by Crippen LogP contribution is 2.26. The zero-order chi connectivity index (χ0) is 24.0. The van der Waals surface area contributed by atoms with E-state index in [1.54, 1.807) is 36.4 Å². The van der Waals surface area contributed by atoms with Crippen LogP contribution < -0.4 is 10.1 Å². The second-order valence-corrected chi connectivity index (χ2v) is 7.90. The largest absolute Gasteiger partial charge is 0.467 e. The Morgan fingerprint density at radius 3 is 2.24 bits per heavy atom. The van der Waals surface area contributed by atoms with Gasteiger partial charge in [-0.1, -0.05) is 53.0 Å². The summed E-state index contributed by atoms with van der Waals surface area (Å²) in [6.45, 7) is 0. The Bertz CT molecular complexity index is 1160. The number of nitrogens with zero attached hydrogens (tertiary/aromatic N) is 1. The van der Waals surface area contributed by atoms with Crippen molar-refractivity contribution in [3.63, 3.8) is 0 Å². The SMILES string of the molecule is COC(=O)[C@H](Cc1ccc(OC(=O)c2c(Cl)cccc2Cl)cc1)NC(=O)c1cccnc1Cl. The standard InChI is InChI=1S/C23H17Cl3N2O5/c1-32-22(30)18(28-21(29)15-4-3-11-27-20(15)26)12-13-7-9-14(10-8-13)33-23(31)19-16(24)5-2-6-17(19)25/h2-11,18H,12H2,1H3,(H,28,29)/t18-/m0/s1. The molecule has 0 aliphatic carbocycles. The summed E-state index contributed by atoms with van der Waals surface area (Å²) in [7, 11) is 1.22. The van der Waals surface area contributed by atoms with E-state index in [1.165, 1.54) is 31.5 Å². The van der Waals surface area contributed by atoms with Gasteiger partial charge in [-0.15, -0.1) is 0 Å². The molecule has 1 atom stereocenters. The molecule has 0 aliphatic rings. The molecule has 0 aliphatic heterocycles. The Balaban J connectivity index is 1.70. The predicted molar refractivity (Wildman–Crippen MR) is 124 cm³/mol. The van der Waals surface area contributed by atoms with E-state index < -0.39 is 23.9 Å². The molecule has 0 radical (unpaired) electrons. The third-order valence-electron chi connectivity index (χ3n) is 4.54. The van der Waals surface area contributed by atoms with Gasteiger partial charge in [0, 0.05) is 12.6 Å². The lowest BCUT2D eigenvalue weighted by Crippen LogP contribution is -2.43. The van der Waals surface area contributed by atoms with E-state index in [9.17, 15) is 14.4 Å². The average molecular weight is 508 g/mol. The van der Waals surface area contributed by atoms with Crippen LogP contribution in [0.15, 0.2) is 60.8 Å². The molecule has 0 fully saturated rings. The van der Waals surface area contributed by atoms with Gasteiger partial charge in [-0.2, -0.15) is 0 Å². The molecule has 1 aromatic heterocycles. The Morgan fingerprint density at radius 1 is 0.970 bits per heavy atom. The fourth-order valence-corrected chi connectivity index (χ4v) is 3.66. The minimum atomic E-state index is -0.978. The minimum absolute atomic E-state index is 0.0170. The monoisotopic (exact) mass is 506 g/mol. The van der Waals surface area contributed by atoms with Gasteiger partial charge in [0.25, 0.3) is 5.91 Å². The fourth-order valence-electron chi connectivity index (χ4n) is 2.91. The van der Waals surface area contributed by atoms with Gasteiger partial charge in [0.15, 0.2) is 0 Å². The van der Waals surface area contributed by atoms with E-state index in [0.29, 0.717) is 5.56 Å². The van der Waals surface area contributed by atoms with Crippen LogP contribution >= 0.6 is 34.8 Å². The zero-order valence-electron chi connectivity index (χ0n) is 17.2. The molecule has 33 heavy (non-hydrogen) atoms. The van der Waals surface area contributed by atoms with Crippen LogP contribution in [0.25, 0.3) is 0 Å². The molecular weight excluding hydrogens is 491 g/mol. The lowest BCUT2D eigenvalue weighted by Gasteiger charge is -2.17. The number of amides is 1. The van der Waals surface area contributed by atoms with Gasteiger partial charge in [-0.25, -0.2) is 14.6 Å². The molecule has 3 aromatic rings. The summed E-state index contributed by atoms with van der Waals surface area (Å²) in [5, 5.41) is 2.97. The highest BCUT2D eigenvalue weighted by atomic mass is 35.5. The predicted octanol–water partition coefficient (Wildman–Crippen LogP) is 4.78. The van der Waals surface area contributed by atoms with Crippen molar-refractivity contribution < 1.29 is 23.9 Å². The molecule has 0 bridgehead atoms. The summed E-state index contributed by atoms with van der Waals surface area (Å²) in [4.78, 5) is 41.0. The van der Waals surface area contributed by atoms with Crippen LogP contribution in [-0.2, 0) is 16.0 Å². The number of methoxy groups -OCH3 is 1. The van der Waals surface area contributed by atoms with Crippen molar-refractivity contribution in [2.45, 2.75) is 12.5 Å². The average Bonchev–Trinajstić information content (AvgIpc) is 2.79. The first-order valence-corrected chi connectivity index (χ1v) is 10.7. The summed E-state index contributed by atoms with van der Waals surface area (Å²) in [6.07, 6.45) is 1.58. The van der Waals surface area contributed by atoms with Crippen LogP contribution in [0.1, 0.15) is 26.3 Å². The smallest absolute Gasteiger partial charge is 0.346 e. The Morgan fingerprint density at radius 2 is 1.64 bits per heavy atom. The van der Waals surface area contributed by atoms with Gasteiger partial charge in [-0.05, 0) is 42.0 Å². The van der Waals surface area contributed by atoms with Gasteiger partial charge in [0.1, 0.15) is 16.9 Å². The van der Waals surface area contributed by atoms with Gasteiger partial charge in [0.05, 0.1) is 28.3 Å². The highest BCUT2D eigenvalue weighted by molar-refractivity contribution is 6.39. The van der Waals surface area contributed by atoms with Crippen molar-refractivity contribution in [3.05, 3.63) is 92.7 Å². The van der Waals surface area contributed by atoms with Crippen LogP contribution in [0, 0.1) is 0 Å². The first-order chi connectivity index (χ1) is 15.8. The van der Waals surface area contributed by atoms with Gasteiger partial charge in [0.2, 0.25) is 0 Å². The van der Waals surface area contributed by atoms with Gasteiger partial charge < -0.3 is 14.8 Å². The second-order valence-electron chi connectivity index (χ2n) is 6.73. The minimum Gasteiger partial charge on any atom is -0.467 e. The molecule has 1 N–H and O–H groups in total. The number of esters is 2. The molecule has 0 saturated carbocycles. The first kappa shape index (κ1) is 24.5. The molecule has 7 nitrogen and oxygen atoms in total. The van der Waals surface area contributed by atoms with E-state index >= 15 is 0 Å². The molecule has 1 amide bonds. The van der Waals surface area contributed by atoms with Crippen molar-refractivity contribution in [1.82, 2.24) is 10.3 Å². The third kappa shape index (κ3) is 6.22. The zero-order valence-corrected chi connectivity index (χ0v) is 19.4. The number of carbonyl (C=O) groups is 3. The normalized spacial score (nSPS) is 11.4.